The highest BCUT2D eigenvalue weighted by atomic mass is 32.2. The maximum Gasteiger partial charge on any atom is 0.416 e. The van der Waals surface area contributed by atoms with E-state index in [9.17, 15) is 18.0 Å². The minimum atomic E-state index is -4.43. The number of halogens is 3. The highest BCUT2D eigenvalue weighted by Crippen LogP contribution is 2.31. The molecule has 8 heteroatoms. The Bertz CT molecular complexity index is 844. The molecule has 3 aromatic rings. The van der Waals surface area contributed by atoms with E-state index in [0.717, 1.165) is 26.7 Å². The van der Waals surface area contributed by atoms with Gasteiger partial charge in [-0.15, -0.1) is 11.3 Å². The number of benzene rings is 2. The van der Waals surface area contributed by atoms with Crippen LogP contribution in [0.4, 0.5) is 18.9 Å². The molecular weight excluding hydrogens is 357 g/mol. The molecule has 24 heavy (non-hydrogen) atoms. The van der Waals surface area contributed by atoms with Gasteiger partial charge in [0, 0.05) is 5.69 Å². The molecule has 0 fully saturated rings. The summed E-state index contributed by atoms with van der Waals surface area (Å²) in [6, 6.07) is 12.2. The highest BCUT2D eigenvalue weighted by molar-refractivity contribution is 8.01. The van der Waals surface area contributed by atoms with Crippen molar-refractivity contribution in [3.8, 4) is 0 Å². The molecule has 0 aliphatic carbocycles. The van der Waals surface area contributed by atoms with Crippen LogP contribution in [0.1, 0.15) is 5.56 Å². The first-order chi connectivity index (χ1) is 11.4. The van der Waals surface area contributed by atoms with E-state index in [1.165, 1.54) is 35.2 Å². The number of hydrogen-bond acceptors (Lipinski definition) is 4. The van der Waals surface area contributed by atoms with E-state index in [2.05, 4.69) is 10.3 Å². The molecule has 3 nitrogen and oxygen atoms in total. The van der Waals surface area contributed by atoms with E-state index >= 15 is 0 Å². The number of amides is 1. The van der Waals surface area contributed by atoms with Crippen LogP contribution in [0.15, 0.2) is 52.9 Å². The maximum atomic E-state index is 12.7. The first-order valence-electron chi connectivity index (χ1n) is 6.87. The minimum Gasteiger partial charge on any atom is -0.325 e. The summed E-state index contributed by atoms with van der Waals surface area (Å²) >= 11 is 2.73. The molecule has 1 aromatic heterocycles. The summed E-state index contributed by atoms with van der Waals surface area (Å²) in [5.74, 6) is -0.297. The molecule has 0 atom stereocenters. The third-order valence-corrected chi connectivity index (χ3v) is 5.25. The van der Waals surface area contributed by atoms with Crippen LogP contribution in [0.2, 0.25) is 0 Å². The summed E-state index contributed by atoms with van der Waals surface area (Å²) in [6.45, 7) is 0. The third-order valence-electron chi connectivity index (χ3n) is 3.07. The Hall–Kier alpha value is -2.06. The van der Waals surface area contributed by atoms with Gasteiger partial charge in [-0.3, -0.25) is 4.79 Å². The number of carbonyl (C=O) groups excluding carboxylic acids is 1. The van der Waals surface area contributed by atoms with Gasteiger partial charge in [0.05, 0.1) is 21.5 Å². The van der Waals surface area contributed by atoms with Gasteiger partial charge >= 0.3 is 6.18 Å². The van der Waals surface area contributed by atoms with E-state index in [0.29, 0.717) is 0 Å². The molecule has 0 radical (unpaired) electrons. The molecule has 1 heterocycles. The van der Waals surface area contributed by atoms with Gasteiger partial charge in [-0.05, 0) is 30.3 Å². The summed E-state index contributed by atoms with van der Waals surface area (Å²) in [6.07, 6.45) is -4.43. The van der Waals surface area contributed by atoms with E-state index in [1.54, 1.807) is 0 Å². The number of anilines is 1. The lowest BCUT2D eigenvalue weighted by Crippen LogP contribution is -2.14. The molecule has 0 bridgehead atoms. The van der Waals surface area contributed by atoms with Crippen molar-refractivity contribution in [3.63, 3.8) is 0 Å². The van der Waals surface area contributed by atoms with Crippen LogP contribution >= 0.6 is 23.1 Å². The smallest absolute Gasteiger partial charge is 0.325 e. The van der Waals surface area contributed by atoms with Gasteiger partial charge in [-0.25, -0.2) is 4.98 Å². The van der Waals surface area contributed by atoms with Crippen LogP contribution in [0.25, 0.3) is 10.2 Å². The SMILES string of the molecule is O=C(CSc1nc2ccccc2s1)Nc1cccc(C(F)(F)F)c1. The summed E-state index contributed by atoms with van der Waals surface area (Å²) in [5, 5.41) is 2.48. The number of hydrogen-bond donors (Lipinski definition) is 1. The van der Waals surface area contributed by atoms with Crippen molar-refractivity contribution < 1.29 is 18.0 Å². The molecule has 0 saturated heterocycles. The monoisotopic (exact) mass is 368 g/mol. The molecule has 0 aliphatic heterocycles. The average Bonchev–Trinajstić information content (AvgIpc) is 2.95. The van der Waals surface area contributed by atoms with E-state index in [4.69, 9.17) is 0 Å². The number of rotatable bonds is 4. The van der Waals surface area contributed by atoms with Crippen LogP contribution in [-0.2, 0) is 11.0 Å². The van der Waals surface area contributed by atoms with Crippen LogP contribution in [-0.4, -0.2) is 16.6 Å². The number of nitrogens with zero attached hydrogens (tertiary/aromatic N) is 1. The second-order valence-electron chi connectivity index (χ2n) is 4.86. The fraction of sp³-hybridized carbons (Fsp3) is 0.125. The molecule has 3 rings (SSSR count). The van der Waals surface area contributed by atoms with Crippen molar-refractivity contribution in [1.82, 2.24) is 4.98 Å². The second kappa shape index (κ2) is 6.82. The average molecular weight is 368 g/mol. The fourth-order valence-electron chi connectivity index (χ4n) is 2.01. The zero-order chi connectivity index (χ0) is 17.2. The van der Waals surface area contributed by atoms with Gasteiger partial charge < -0.3 is 5.32 Å². The Labute approximate surface area is 143 Å². The van der Waals surface area contributed by atoms with E-state index < -0.39 is 11.7 Å². The first kappa shape index (κ1) is 16.8. The minimum absolute atomic E-state index is 0.0794. The number of aromatic nitrogens is 1. The largest absolute Gasteiger partial charge is 0.416 e. The number of nitrogens with one attached hydrogen (secondary N) is 1. The van der Waals surface area contributed by atoms with Gasteiger partial charge in [0.2, 0.25) is 5.91 Å². The molecule has 0 spiro atoms. The standard InChI is InChI=1S/C16H11F3N2OS2/c17-16(18,19)10-4-3-5-11(8-10)20-14(22)9-23-15-21-12-6-1-2-7-13(12)24-15/h1-8H,9H2,(H,20,22). The van der Waals surface area contributed by atoms with Crippen molar-refractivity contribution in [2.45, 2.75) is 10.5 Å². The quantitative estimate of drug-likeness (QED) is 0.656. The van der Waals surface area contributed by atoms with Crippen molar-refractivity contribution in [2.75, 3.05) is 11.1 Å². The Morgan fingerprint density at radius 2 is 1.96 bits per heavy atom. The summed E-state index contributed by atoms with van der Waals surface area (Å²) in [4.78, 5) is 16.3. The van der Waals surface area contributed by atoms with Gasteiger partial charge in [0.25, 0.3) is 0 Å². The molecule has 1 N–H and O–H groups in total. The number of carbonyl (C=O) groups is 1. The van der Waals surface area contributed by atoms with Gasteiger partial charge in [0.1, 0.15) is 0 Å². The molecule has 0 aliphatic rings. The molecule has 0 saturated carbocycles. The maximum absolute atomic E-state index is 12.7. The Balaban J connectivity index is 1.61. The normalized spacial score (nSPS) is 11.6. The third kappa shape index (κ3) is 4.07. The fourth-order valence-corrected chi connectivity index (χ4v) is 3.88. The molecule has 0 unspecified atom stereocenters. The summed E-state index contributed by atoms with van der Waals surface area (Å²) in [7, 11) is 0. The predicted molar refractivity (Wildman–Crippen MR) is 90.4 cm³/mol. The van der Waals surface area contributed by atoms with Crippen molar-refractivity contribution >= 4 is 44.9 Å². The number of thioether (sulfide) groups is 1. The number of thiazole rings is 1. The van der Waals surface area contributed by atoms with Crippen LogP contribution < -0.4 is 5.32 Å². The van der Waals surface area contributed by atoms with Gasteiger partial charge in [0.15, 0.2) is 4.34 Å². The zero-order valence-electron chi connectivity index (χ0n) is 12.1. The van der Waals surface area contributed by atoms with Crippen LogP contribution in [0.3, 0.4) is 0 Å². The Morgan fingerprint density at radius 3 is 2.71 bits per heavy atom. The van der Waals surface area contributed by atoms with E-state index in [-0.39, 0.29) is 17.3 Å². The topological polar surface area (TPSA) is 42.0 Å². The molecular formula is C16H11F3N2OS2. The molecule has 1 amide bonds. The van der Waals surface area contributed by atoms with Crippen molar-refractivity contribution in [2.24, 2.45) is 0 Å². The number of para-hydroxylation sites is 1. The van der Waals surface area contributed by atoms with Crippen LogP contribution in [0.5, 0.6) is 0 Å². The van der Waals surface area contributed by atoms with Crippen molar-refractivity contribution in [1.29, 1.82) is 0 Å². The predicted octanol–water partition coefficient (Wildman–Crippen LogP) is 5.05. The summed E-state index contributed by atoms with van der Waals surface area (Å²) in [5.41, 5.74) is 0.196. The molecule has 124 valence electrons. The number of alkyl halides is 3. The zero-order valence-corrected chi connectivity index (χ0v) is 13.8. The lowest BCUT2D eigenvalue weighted by atomic mass is 10.2. The number of fused-ring (bicyclic) bond motifs is 1. The lowest BCUT2D eigenvalue weighted by molar-refractivity contribution is -0.137. The first-order valence-corrected chi connectivity index (χ1v) is 8.67. The second-order valence-corrected chi connectivity index (χ2v) is 7.12. The summed E-state index contributed by atoms with van der Waals surface area (Å²) < 4.78 is 39.7. The highest BCUT2D eigenvalue weighted by Gasteiger charge is 2.30. The van der Waals surface area contributed by atoms with Crippen molar-refractivity contribution in [3.05, 3.63) is 54.1 Å². The van der Waals surface area contributed by atoms with Gasteiger partial charge in [-0.1, -0.05) is 30.0 Å². The van der Waals surface area contributed by atoms with Crippen LogP contribution in [0, 0.1) is 0 Å². The Kier molecular flexibility index (Phi) is 4.77. The molecule has 2 aromatic carbocycles. The lowest BCUT2D eigenvalue weighted by Gasteiger charge is -2.09. The van der Waals surface area contributed by atoms with E-state index in [1.807, 2.05) is 24.3 Å². The van der Waals surface area contributed by atoms with Gasteiger partial charge in [-0.2, -0.15) is 13.2 Å². The Morgan fingerprint density at radius 1 is 1.17 bits per heavy atom.